The van der Waals surface area contributed by atoms with Crippen molar-refractivity contribution in [2.75, 3.05) is 39.3 Å². The molecule has 0 bridgehead atoms. The standard InChI is InChI=1S/C15H22ClN3O3/c1-20-13-4-3-11(7-12(13)16)19-15(17)18-8-10-5-6-22-9-14(10)21-2/h3-4,7,10,14H,5-6,8-9H2,1-2H3,(H3,17,18,19). The molecule has 0 saturated carbocycles. The Bertz CT molecular complexity index is 525. The molecule has 1 saturated heterocycles. The third kappa shape index (κ3) is 4.50. The molecule has 1 aliphatic heterocycles. The average molecular weight is 328 g/mol. The van der Waals surface area contributed by atoms with Crippen LogP contribution in [-0.2, 0) is 9.47 Å². The van der Waals surface area contributed by atoms with Gasteiger partial charge in [0, 0.05) is 31.9 Å². The van der Waals surface area contributed by atoms with Crippen molar-refractivity contribution in [2.45, 2.75) is 12.5 Å². The Balaban J connectivity index is 1.93. The van der Waals surface area contributed by atoms with Gasteiger partial charge in [0.15, 0.2) is 5.96 Å². The Morgan fingerprint density at radius 2 is 2.32 bits per heavy atom. The topological polar surface area (TPSA) is 78.1 Å². The molecule has 1 heterocycles. The molecule has 22 heavy (non-hydrogen) atoms. The molecule has 1 aliphatic rings. The Kier molecular flexibility index (Phi) is 6.30. The zero-order valence-electron chi connectivity index (χ0n) is 12.8. The number of nitrogens with one attached hydrogen (secondary N) is 1. The molecular weight excluding hydrogens is 306 g/mol. The van der Waals surface area contributed by atoms with E-state index in [9.17, 15) is 0 Å². The summed E-state index contributed by atoms with van der Waals surface area (Å²) in [5, 5.41) is 3.54. The quantitative estimate of drug-likeness (QED) is 0.640. The van der Waals surface area contributed by atoms with Gasteiger partial charge in [0.2, 0.25) is 0 Å². The molecule has 1 aromatic rings. The van der Waals surface area contributed by atoms with E-state index in [4.69, 9.17) is 31.5 Å². The smallest absolute Gasteiger partial charge is 0.193 e. The summed E-state index contributed by atoms with van der Waals surface area (Å²) in [5.41, 5.74) is 6.69. The third-order valence-electron chi connectivity index (χ3n) is 3.66. The van der Waals surface area contributed by atoms with Crippen molar-refractivity contribution < 1.29 is 14.2 Å². The van der Waals surface area contributed by atoms with Gasteiger partial charge in [-0.05, 0) is 24.6 Å². The second-order valence-corrected chi connectivity index (χ2v) is 5.51. The van der Waals surface area contributed by atoms with Crippen LogP contribution in [0, 0.1) is 5.92 Å². The Hall–Kier alpha value is -1.50. The molecule has 122 valence electrons. The van der Waals surface area contributed by atoms with Crippen molar-refractivity contribution in [1.82, 2.24) is 0 Å². The fourth-order valence-corrected chi connectivity index (χ4v) is 2.63. The first-order chi connectivity index (χ1) is 10.6. The minimum absolute atomic E-state index is 0.0701. The summed E-state index contributed by atoms with van der Waals surface area (Å²) in [6, 6.07) is 5.35. The van der Waals surface area contributed by atoms with Gasteiger partial charge in [-0.2, -0.15) is 0 Å². The molecule has 6 nitrogen and oxygen atoms in total. The van der Waals surface area contributed by atoms with E-state index in [2.05, 4.69) is 10.3 Å². The number of aliphatic imine (C=N–C) groups is 1. The van der Waals surface area contributed by atoms with Crippen LogP contribution in [-0.4, -0.2) is 46.0 Å². The zero-order chi connectivity index (χ0) is 15.9. The summed E-state index contributed by atoms with van der Waals surface area (Å²) < 4.78 is 15.9. The number of rotatable bonds is 5. The molecule has 7 heteroatoms. The Morgan fingerprint density at radius 1 is 1.50 bits per heavy atom. The first kappa shape index (κ1) is 16.9. The monoisotopic (exact) mass is 327 g/mol. The van der Waals surface area contributed by atoms with E-state index < -0.39 is 0 Å². The summed E-state index contributed by atoms with van der Waals surface area (Å²) in [5.74, 6) is 1.29. The van der Waals surface area contributed by atoms with Crippen LogP contribution < -0.4 is 15.8 Å². The molecule has 0 aromatic heterocycles. The van der Waals surface area contributed by atoms with E-state index in [1.165, 1.54) is 0 Å². The molecule has 2 unspecified atom stereocenters. The van der Waals surface area contributed by atoms with Gasteiger partial charge in [0.1, 0.15) is 5.75 Å². The highest BCUT2D eigenvalue weighted by Gasteiger charge is 2.25. The molecule has 1 fully saturated rings. The lowest BCUT2D eigenvalue weighted by atomic mass is 9.97. The van der Waals surface area contributed by atoms with Crippen LogP contribution in [0.2, 0.25) is 5.02 Å². The van der Waals surface area contributed by atoms with E-state index in [1.807, 2.05) is 6.07 Å². The number of hydrogen-bond acceptors (Lipinski definition) is 4. The summed E-state index contributed by atoms with van der Waals surface area (Å²) in [6.07, 6.45) is 0.990. The lowest BCUT2D eigenvalue weighted by Gasteiger charge is -2.29. The van der Waals surface area contributed by atoms with Crippen LogP contribution in [0.5, 0.6) is 5.75 Å². The largest absolute Gasteiger partial charge is 0.495 e. The van der Waals surface area contributed by atoms with Gasteiger partial charge in [0.25, 0.3) is 0 Å². The lowest BCUT2D eigenvalue weighted by Crippen LogP contribution is -2.36. The van der Waals surface area contributed by atoms with Crippen LogP contribution in [0.3, 0.4) is 0 Å². The van der Waals surface area contributed by atoms with Crippen molar-refractivity contribution in [2.24, 2.45) is 16.6 Å². The zero-order valence-corrected chi connectivity index (χ0v) is 13.6. The Morgan fingerprint density at radius 3 is 3.00 bits per heavy atom. The molecule has 1 aromatic carbocycles. The molecule has 0 radical (unpaired) electrons. The highest BCUT2D eigenvalue weighted by molar-refractivity contribution is 6.32. The van der Waals surface area contributed by atoms with Gasteiger partial charge in [-0.1, -0.05) is 11.6 Å². The minimum Gasteiger partial charge on any atom is -0.495 e. The van der Waals surface area contributed by atoms with Crippen LogP contribution >= 0.6 is 11.6 Å². The van der Waals surface area contributed by atoms with Gasteiger partial charge in [-0.15, -0.1) is 0 Å². The number of ether oxygens (including phenoxy) is 3. The van der Waals surface area contributed by atoms with E-state index >= 15 is 0 Å². The fourth-order valence-electron chi connectivity index (χ4n) is 2.37. The normalized spacial score (nSPS) is 22.4. The van der Waals surface area contributed by atoms with Crippen LogP contribution in [0.1, 0.15) is 6.42 Å². The summed E-state index contributed by atoms with van der Waals surface area (Å²) in [4.78, 5) is 4.39. The summed E-state index contributed by atoms with van der Waals surface area (Å²) in [6.45, 7) is 1.95. The van der Waals surface area contributed by atoms with Gasteiger partial charge in [-0.3, -0.25) is 4.99 Å². The molecule has 0 amide bonds. The number of nitrogens with two attached hydrogens (primary N) is 1. The maximum absolute atomic E-state index is 6.07. The number of anilines is 1. The average Bonchev–Trinajstić information content (AvgIpc) is 2.53. The van der Waals surface area contributed by atoms with Crippen molar-refractivity contribution in [3.8, 4) is 5.75 Å². The van der Waals surface area contributed by atoms with Crippen molar-refractivity contribution in [3.63, 3.8) is 0 Å². The number of hydrogen-bond donors (Lipinski definition) is 2. The molecule has 3 N–H and O–H groups in total. The van der Waals surface area contributed by atoms with E-state index in [1.54, 1.807) is 26.4 Å². The van der Waals surface area contributed by atoms with Crippen molar-refractivity contribution in [1.29, 1.82) is 0 Å². The van der Waals surface area contributed by atoms with Crippen LogP contribution in [0.4, 0.5) is 5.69 Å². The summed E-state index contributed by atoms with van der Waals surface area (Å²) in [7, 11) is 3.27. The number of methoxy groups -OCH3 is 2. The predicted molar refractivity (Wildman–Crippen MR) is 87.8 cm³/mol. The first-order valence-electron chi connectivity index (χ1n) is 7.15. The van der Waals surface area contributed by atoms with Crippen molar-refractivity contribution >= 4 is 23.2 Å². The molecule has 2 atom stereocenters. The van der Waals surface area contributed by atoms with Crippen molar-refractivity contribution in [3.05, 3.63) is 23.2 Å². The van der Waals surface area contributed by atoms with Gasteiger partial charge in [-0.25, -0.2) is 0 Å². The minimum atomic E-state index is 0.0701. The van der Waals surface area contributed by atoms with E-state index in [-0.39, 0.29) is 6.10 Å². The highest BCUT2D eigenvalue weighted by atomic mass is 35.5. The molecule has 0 aliphatic carbocycles. The predicted octanol–water partition coefficient (Wildman–Crippen LogP) is 2.13. The number of benzene rings is 1. The van der Waals surface area contributed by atoms with Gasteiger partial charge < -0.3 is 25.3 Å². The fraction of sp³-hybridized carbons (Fsp3) is 0.533. The lowest BCUT2D eigenvalue weighted by molar-refractivity contribution is -0.0624. The highest BCUT2D eigenvalue weighted by Crippen LogP contribution is 2.27. The van der Waals surface area contributed by atoms with Gasteiger partial charge in [0.05, 0.1) is 24.8 Å². The van der Waals surface area contributed by atoms with Gasteiger partial charge >= 0.3 is 0 Å². The third-order valence-corrected chi connectivity index (χ3v) is 3.96. The van der Waals surface area contributed by atoms with E-state index in [0.717, 1.165) is 18.7 Å². The molecule has 0 spiro atoms. The molecular formula is C15H22ClN3O3. The maximum Gasteiger partial charge on any atom is 0.193 e. The van der Waals surface area contributed by atoms with Crippen LogP contribution in [0.25, 0.3) is 0 Å². The van der Waals surface area contributed by atoms with Crippen LogP contribution in [0.15, 0.2) is 23.2 Å². The first-order valence-corrected chi connectivity index (χ1v) is 7.53. The summed E-state index contributed by atoms with van der Waals surface area (Å²) >= 11 is 6.07. The molecule has 2 rings (SSSR count). The van der Waals surface area contributed by atoms with E-state index in [0.29, 0.717) is 35.8 Å². The number of guanidine groups is 1. The second kappa shape index (κ2) is 8.22. The Labute approximate surface area is 135 Å². The second-order valence-electron chi connectivity index (χ2n) is 5.10. The maximum atomic E-state index is 6.07. The number of halogens is 1. The SMILES string of the molecule is COc1ccc(NC(N)=NCC2CCOCC2OC)cc1Cl. The number of nitrogens with zero attached hydrogens (tertiary/aromatic N) is 1.